The van der Waals surface area contributed by atoms with Crippen molar-refractivity contribution in [3.63, 3.8) is 0 Å². The minimum absolute atomic E-state index is 0.0316. The van der Waals surface area contributed by atoms with Crippen LogP contribution in [0.1, 0.15) is 61.0 Å². The predicted molar refractivity (Wildman–Crippen MR) is 158 cm³/mol. The summed E-state index contributed by atoms with van der Waals surface area (Å²) < 4.78 is 1.74. The molecule has 3 aromatic carbocycles. The van der Waals surface area contributed by atoms with Crippen LogP contribution in [0.15, 0.2) is 84.9 Å². The molecule has 6 heteroatoms. The van der Waals surface area contributed by atoms with Crippen LogP contribution in [0.25, 0.3) is 16.9 Å². The number of hydrogen-bond donors (Lipinski definition) is 1. The lowest BCUT2D eigenvalue weighted by molar-refractivity contribution is -0.117. The molecule has 1 N–H and O–H groups in total. The monoisotopic (exact) mass is 522 g/mol. The quantitative estimate of drug-likeness (QED) is 0.216. The number of benzene rings is 3. The van der Waals surface area contributed by atoms with Gasteiger partial charge in [0.15, 0.2) is 0 Å². The Hall–Kier alpha value is -4.19. The first-order chi connectivity index (χ1) is 19.0. The van der Waals surface area contributed by atoms with E-state index in [9.17, 15) is 9.59 Å². The highest BCUT2D eigenvalue weighted by atomic mass is 16.2. The zero-order valence-electron chi connectivity index (χ0n) is 23.2. The first-order valence-corrected chi connectivity index (χ1v) is 13.9. The van der Waals surface area contributed by atoms with E-state index >= 15 is 0 Å². The van der Waals surface area contributed by atoms with Gasteiger partial charge >= 0.3 is 0 Å². The average molecular weight is 523 g/mol. The number of aryl methyl sites for hydroxylation is 2. The summed E-state index contributed by atoms with van der Waals surface area (Å²) in [7, 11) is 0. The Balaban J connectivity index is 1.55. The van der Waals surface area contributed by atoms with Crippen molar-refractivity contribution in [2.24, 2.45) is 0 Å². The topological polar surface area (TPSA) is 67.2 Å². The van der Waals surface area contributed by atoms with E-state index < -0.39 is 0 Å². The van der Waals surface area contributed by atoms with Crippen LogP contribution in [-0.2, 0) is 11.2 Å². The summed E-state index contributed by atoms with van der Waals surface area (Å²) in [4.78, 5) is 28.4. The molecule has 1 heterocycles. The van der Waals surface area contributed by atoms with Crippen molar-refractivity contribution in [2.45, 2.75) is 52.9 Å². The van der Waals surface area contributed by atoms with Crippen LogP contribution in [0.3, 0.4) is 0 Å². The van der Waals surface area contributed by atoms with Gasteiger partial charge in [0, 0.05) is 23.7 Å². The van der Waals surface area contributed by atoms with Gasteiger partial charge in [0.25, 0.3) is 5.91 Å². The molecule has 0 unspecified atom stereocenters. The van der Waals surface area contributed by atoms with Crippen LogP contribution in [0, 0.1) is 6.92 Å². The predicted octanol–water partition coefficient (Wildman–Crippen LogP) is 7.07. The smallest absolute Gasteiger partial charge is 0.254 e. The minimum Gasteiger partial charge on any atom is -0.329 e. The number of amides is 2. The number of aromatic nitrogens is 2. The summed E-state index contributed by atoms with van der Waals surface area (Å²) in [6, 6.07) is 27.5. The van der Waals surface area contributed by atoms with Crippen LogP contribution >= 0.6 is 0 Å². The molecule has 0 aliphatic heterocycles. The van der Waals surface area contributed by atoms with Crippen molar-refractivity contribution in [1.82, 2.24) is 14.7 Å². The lowest BCUT2D eigenvalue weighted by Crippen LogP contribution is -2.39. The number of nitrogens with one attached hydrogen (secondary N) is 1. The van der Waals surface area contributed by atoms with Gasteiger partial charge in [-0.1, -0.05) is 86.8 Å². The second-order valence-corrected chi connectivity index (χ2v) is 9.96. The Labute approximate surface area is 231 Å². The van der Waals surface area contributed by atoms with Gasteiger partial charge in [0.1, 0.15) is 12.4 Å². The highest BCUT2D eigenvalue weighted by Gasteiger charge is 2.20. The summed E-state index contributed by atoms with van der Waals surface area (Å²) in [6.45, 7) is 6.77. The summed E-state index contributed by atoms with van der Waals surface area (Å²) in [5.41, 5.74) is 5.54. The SMILES string of the molecule is CCCCc1ccc(C(=O)N(CCCC)CC(=O)Nc2cc(-c3ccccc3)nn2-c2ccc(C)cc2)cc1. The Morgan fingerprint density at radius 3 is 2.23 bits per heavy atom. The van der Waals surface area contributed by atoms with E-state index in [1.54, 1.807) is 9.58 Å². The Bertz CT molecular complexity index is 1360. The third kappa shape index (κ3) is 7.44. The Morgan fingerprint density at radius 1 is 0.872 bits per heavy atom. The van der Waals surface area contributed by atoms with Crippen LogP contribution in [-0.4, -0.2) is 39.6 Å². The molecule has 202 valence electrons. The van der Waals surface area contributed by atoms with Crippen molar-refractivity contribution in [2.75, 3.05) is 18.4 Å². The first kappa shape index (κ1) is 27.8. The molecule has 0 atom stereocenters. The van der Waals surface area contributed by atoms with Crippen molar-refractivity contribution < 1.29 is 9.59 Å². The van der Waals surface area contributed by atoms with Crippen LogP contribution in [0.5, 0.6) is 0 Å². The van der Waals surface area contributed by atoms with E-state index in [0.29, 0.717) is 17.9 Å². The number of rotatable bonds is 12. The lowest BCUT2D eigenvalue weighted by atomic mass is 10.1. The summed E-state index contributed by atoms with van der Waals surface area (Å²) >= 11 is 0. The molecule has 0 spiro atoms. The fourth-order valence-corrected chi connectivity index (χ4v) is 4.44. The number of carbonyl (C=O) groups excluding carboxylic acids is 2. The van der Waals surface area contributed by atoms with Crippen molar-refractivity contribution >= 4 is 17.6 Å². The molecule has 0 saturated carbocycles. The number of unbranched alkanes of at least 4 members (excludes halogenated alkanes) is 2. The Kier molecular flexibility index (Phi) is 9.68. The molecular formula is C33H38N4O2. The molecule has 0 fully saturated rings. The van der Waals surface area contributed by atoms with E-state index in [-0.39, 0.29) is 18.4 Å². The van der Waals surface area contributed by atoms with Gasteiger partial charge in [0.2, 0.25) is 5.91 Å². The Morgan fingerprint density at radius 2 is 1.56 bits per heavy atom. The van der Waals surface area contributed by atoms with Gasteiger partial charge < -0.3 is 10.2 Å². The fourth-order valence-electron chi connectivity index (χ4n) is 4.44. The molecule has 0 bridgehead atoms. The van der Waals surface area contributed by atoms with Gasteiger partial charge in [0.05, 0.1) is 11.4 Å². The minimum atomic E-state index is -0.258. The first-order valence-electron chi connectivity index (χ1n) is 13.9. The number of hydrogen-bond acceptors (Lipinski definition) is 3. The maximum atomic E-state index is 13.4. The fraction of sp³-hybridized carbons (Fsp3) is 0.303. The summed E-state index contributed by atoms with van der Waals surface area (Å²) in [6.07, 6.45) is 5.03. The molecule has 2 amide bonds. The molecule has 6 nitrogen and oxygen atoms in total. The number of carbonyl (C=O) groups is 2. The summed E-state index contributed by atoms with van der Waals surface area (Å²) in [5, 5.41) is 7.82. The maximum Gasteiger partial charge on any atom is 0.254 e. The molecule has 39 heavy (non-hydrogen) atoms. The van der Waals surface area contributed by atoms with Gasteiger partial charge in [-0.05, 0) is 56.0 Å². The number of anilines is 1. The van der Waals surface area contributed by atoms with Crippen LogP contribution in [0.4, 0.5) is 5.82 Å². The zero-order valence-corrected chi connectivity index (χ0v) is 23.2. The van der Waals surface area contributed by atoms with Gasteiger partial charge in [-0.25, -0.2) is 4.68 Å². The van der Waals surface area contributed by atoms with E-state index in [4.69, 9.17) is 5.10 Å². The van der Waals surface area contributed by atoms with E-state index in [1.807, 2.05) is 91.9 Å². The molecule has 4 aromatic rings. The highest BCUT2D eigenvalue weighted by Crippen LogP contribution is 2.25. The van der Waals surface area contributed by atoms with Gasteiger partial charge in [-0.3, -0.25) is 9.59 Å². The number of nitrogens with zero attached hydrogens (tertiary/aromatic N) is 3. The van der Waals surface area contributed by atoms with E-state index in [1.165, 1.54) is 5.56 Å². The molecule has 0 saturated heterocycles. The molecule has 0 aliphatic rings. The molecular weight excluding hydrogens is 484 g/mol. The zero-order chi connectivity index (χ0) is 27.6. The molecule has 1 aromatic heterocycles. The van der Waals surface area contributed by atoms with Crippen molar-refractivity contribution in [3.05, 3.63) is 102 Å². The van der Waals surface area contributed by atoms with Gasteiger partial charge in [-0.2, -0.15) is 5.10 Å². The standard InChI is InChI=1S/C33H38N4O2/c1-4-6-11-26-16-18-28(19-17-26)33(39)36(22-7-5-2)24-32(38)34-31-23-30(27-12-9-8-10-13-27)35-37(31)29-20-14-25(3)15-21-29/h8-10,12-21,23H,4-7,11,22,24H2,1-3H3,(H,34,38). The van der Waals surface area contributed by atoms with E-state index in [0.717, 1.165) is 54.6 Å². The van der Waals surface area contributed by atoms with E-state index in [2.05, 4.69) is 19.2 Å². The third-order valence-electron chi connectivity index (χ3n) is 6.75. The lowest BCUT2D eigenvalue weighted by Gasteiger charge is -2.22. The maximum absolute atomic E-state index is 13.4. The van der Waals surface area contributed by atoms with Crippen molar-refractivity contribution in [1.29, 1.82) is 0 Å². The second kappa shape index (κ2) is 13.6. The molecule has 0 radical (unpaired) electrons. The third-order valence-corrected chi connectivity index (χ3v) is 6.75. The van der Waals surface area contributed by atoms with Crippen LogP contribution in [0.2, 0.25) is 0 Å². The summed E-state index contributed by atoms with van der Waals surface area (Å²) in [5.74, 6) is 0.176. The largest absolute Gasteiger partial charge is 0.329 e. The average Bonchev–Trinajstić information content (AvgIpc) is 3.38. The molecule has 0 aliphatic carbocycles. The van der Waals surface area contributed by atoms with Gasteiger partial charge in [-0.15, -0.1) is 0 Å². The highest BCUT2D eigenvalue weighted by molar-refractivity contribution is 5.99. The normalized spacial score (nSPS) is 10.8. The van der Waals surface area contributed by atoms with Crippen molar-refractivity contribution in [3.8, 4) is 16.9 Å². The van der Waals surface area contributed by atoms with Crippen LogP contribution < -0.4 is 5.32 Å². The second-order valence-electron chi connectivity index (χ2n) is 9.96. The molecule has 4 rings (SSSR count).